The van der Waals surface area contributed by atoms with Crippen LogP contribution in [0.2, 0.25) is 0 Å². The van der Waals surface area contributed by atoms with Crippen LogP contribution in [-0.2, 0) is 5.75 Å². The minimum atomic E-state index is -0.573. The fraction of sp³-hybridized carbons (Fsp3) is 0.214. The molecule has 0 radical (unpaired) electrons. The van der Waals surface area contributed by atoms with Crippen molar-refractivity contribution in [2.24, 2.45) is 0 Å². The first-order valence-corrected chi connectivity index (χ1v) is 6.76. The maximum absolute atomic E-state index is 13.5. The van der Waals surface area contributed by atoms with E-state index in [4.69, 9.17) is 5.73 Å². The van der Waals surface area contributed by atoms with Crippen LogP contribution in [0, 0.1) is 25.5 Å². The highest BCUT2D eigenvalue weighted by molar-refractivity contribution is 7.98. The molecule has 0 fully saturated rings. The molecule has 0 bridgehead atoms. The Morgan fingerprint density at radius 3 is 2.68 bits per heavy atom. The molecule has 0 saturated carbocycles. The van der Waals surface area contributed by atoms with Crippen molar-refractivity contribution in [2.75, 3.05) is 5.73 Å². The van der Waals surface area contributed by atoms with Crippen LogP contribution in [0.15, 0.2) is 29.3 Å². The van der Waals surface area contributed by atoms with Crippen molar-refractivity contribution < 1.29 is 8.78 Å². The fourth-order valence-corrected chi connectivity index (χ4v) is 2.62. The van der Waals surface area contributed by atoms with Crippen LogP contribution < -0.4 is 5.73 Å². The predicted octanol–water partition coefficient (Wildman–Crippen LogP) is 3.85. The van der Waals surface area contributed by atoms with Crippen LogP contribution in [0.5, 0.6) is 0 Å². The lowest BCUT2D eigenvalue weighted by molar-refractivity contribution is 0.565. The van der Waals surface area contributed by atoms with Crippen LogP contribution in [0.1, 0.15) is 16.8 Å². The van der Waals surface area contributed by atoms with Crippen LogP contribution in [-0.4, -0.2) is 4.98 Å². The largest absolute Gasteiger partial charge is 0.398 e. The highest BCUT2D eigenvalue weighted by atomic mass is 32.2. The zero-order valence-electron chi connectivity index (χ0n) is 10.7. The van der Waals surface area contributed by atoms with Gasteiger partial charge in [-0.2, -0.15) is 0 Å². The molecule has 5 heteroatoms. The molecule has 2 nitrogen and oxygen atoms in total. The smallest absolute Gasteiger partial charge is 0.139 e. The number of rotatable bonds is 3. The van der Waals surface area contributed by atoms with Gasteiger partial charge in [-0.15, -0.1) is 11.8 Å². The van der Waals surface area contributed by atoms with E-state index in [2.05, 4.69) is 4.98 Å². The van der Waals surface area contributed by atoms with E-state index in [-0.39, 0.29) is 0 Å². The number of pyridine rings is 1. The molecule has 0 atom stereocenters. The number of nitrogens with zero attached hydrogens (tertiary/aromatic N) is 1. The first kappa shape index (κ1) is 13.8. The Morgan fingerprint density at radius 2 is 2.00 bits per heavy atom. The Kier molecular flexibility index (Phi) is 4.04. The van der Waals surface area contributed by atoms with E-state index in [0.29, 0.717) is 16.3 Å². The van der Waals surface area contributed by atoms with E-state index in [0.717, 1.165) is 22.9 Å². The Morgan fingerprint density at radius 1 is 1.26 bits per heavy atom. The number of hydrogen-bond donors (Lipinski definition) is 1. The van der Waals surface area contributed by atoms with Gasteiger partial charge < -0.3 is 5.73 Å². The second kappa shape index (κ2) is 5.57. The number of aryl methyl sites for hydroxylation is 1. The summed E-state index contributed by atoms with van der Waals surface area (Å²) in [5.74, 6) is -0.628. The number of benzene rings is 1. The summed E-state index contributed by atoms with van der Waals surface area (Å²) >= 11 is 1.28. The Balaban J connectivity index is 2.17. The molecule has 0 amide bonds. The summed E-state index contributed by atoms with van der Waals surface area (Å²) in [5.41, 5.74) is 9.30. The summed E-state index contributed by atoms with van der Waals surface area (Å²) in [6.45, 7) is 3.79. The molecule has 0 aliphatic heterocycles. The van der Waals surface area contributed by atoms with Gasteiger partial charge in [-0.3, -0.25) is 4.98 Å². The minimum Gasteiger partial charge on any atom is -0.398 e. The molecule has 2 aromatic rings. The maximum Gasteiger partial charge on any atom is 0.139 e. The standard InChI is InChI=1S/C14H14F2N2S/c1-8-6-18-12(9(2)14(8)17)7-19-13-4-3-10(15)5-11(13)16/h3-6H,7H2,1-2H3,(H2,17,18). The van der Waals surface area contributed by atoms with Crippen molar-refractivity contribution in [3.63, 3.8) is 0 Å². The van der Waals surface area contributed by atoms with Gasteiger partial charge >= 0.3 is 0 Å². The number of nitrogens with two attached hydrogens (primary N) is 1. The first-order valence-electron chi connectivity index (χ1n) is 5.77. The topological polar surface area (TPSA) is 38.9 Å². The molecule has 100 valence electrons. The molecule has 0 aliphatic carbocycles. The Labute approximate surface area is 115 Å². The normalized spacial score (nSPS) is 10.7. The third-order valence-corrected chi connectivity index (χ3v) is 3.99. The molecule has 0 unspecified atom stereocenters. The quantitative estimate of drug-likeness (QED) is 0.868. The first-order chi connectivity index (χ1) is 8.99. The van der Waals surface area contributed by atoms with Crippen LogP contribution >= 0.6 is 11.8 Å². The van der Waals surface area contributed by atoms with Gasteiger partial charge in [0.05, 0.1) is 5.69 Å². The average molecular weight is 280 g/mol. The highest BCUT2D eigenvalue weighted by Gasteiger charge is 2.09. The summed E-state index contributed by atoms with van der Waals surface area (Å²) in [7, 11) is 0. The van der Waals surface area contributed by atoms with Crippen molar-refractivity contribution in [3.8, 4) is 0 Å². The number of aromatic nitrogens is 1. The lowest BCUT2D eigenvalue weighted by Gasteiger charge is -2.10. The van der Waals surface area contributed by atoms with E-state index in [1.807, 2.05) is 13.8 Å². The van der Waals surface area contributed by atoms with Crippen LogP contribution in [0.3, 0.4) is 0 Å². The van der Waals surface area contributed by atoms with Gasteiger partial charge in [0.25, 0.3) is 0 Å². The molecule has 0 aliphatic rings. The summed E-state index contributed by atoms with van der Waals surface area (Å²) < 4.78 is 26.3. The van der Waals surface area contributed by atoms with E-state index in [1.54, 1.807) is 6.20 Å². The monoisotopic (exact) mass is 280 g/mol. The number of hydrogen-bond acceptors (Lipinski definition) is 3. The summed E-state index contributed by atoms with van der Waals surface area (Å²) in [6, 6.07) is 3.56. The third-order valence-electron chi connectivity index (χ3n) is 2.93. The lowest BCUT2D eigenvalue weighted by Crippen LogP contribution is -2.00. The zero-order chi connectivity index (χ0) is 14.0. The second-order valence-corrected chi connectivity index (χ2v) is 5.31. The summed E-state index contributed by atoms with van der Waals surface area (Å²) in [4.78, 5) is 4.71. The van der Waals surface area contributed by atoms with E-state index < -0.39 is 11.6 Å². The molecule has 0 spiro atoms. The molecular weight excluding hydrogens is 266 g/mol. The number of anilines is 1. The molecular formula is C14H14F2N2S. The van der Waals surface area contributed by atoms with Gasteiger partial charge in [0.1, 0.15) is 11.6 Å². The molecule has 1 aromatic carbocycles. The maximum atomic E-state index is 13.5. The second-order valence-electron chi connectivity index (χ2n) is 4.29. The van der Waals surface area contributed by atoms with Crippen molar-refractivity contribution >= 4 is 17.4 Å². The van der Waals surface area contributed by atoms with Gasteiger partial charge in [0, 0.05) is 28.6 Å². The van der Waals surface area contributed by atoms with Crippen LogP contribution in [0.25, 0.3) is 0 Å². The minimum absolute atomic E-state index is 0.404. The SMILES string of the molecule is Cc1cnc(CSc2ccc(F)cc2F)c(C)c1N. The van der Waals surface area contributed by atoms with Gasteiger partial charge in [0.2, 0.25) is 0 Å². The van der Waals surface area contributed by atoms with E-state index >= 15 is 0 Å². The fourth-order valence-electron chi connectivity index (χ4n) is 1.68. The third kappa shape index (κ3) is 3.04. The molecule has 1 aromatic heterocycles. The van der Waals surface area contributed by atoms with Gasteiger partial charge in [-0.05, 0) is 37.1 Å². The Bertz CT molecular complexity index is 615. The van der Waals surface area contributed by atoms with Crippen LogP contribution in [0.4, 0.5) is 14.5 Å². The lowest BCUT2D eigenvalue weighted by atomic mass is 10.1. The van der Waals surface area contributed by atoms with Crippen molar-refractivity contribution in [1.29, 1.82) is 0 Å². The molecule has 1 heterocycles. The van der Waals surface area contributed by atoms with Crippen molar-refractivity contribution in [1.82, 2.24) is 4.98 Å². The summed E-state index contributed by atoms with van der Waals surface area (Å²) in [5, 5.41) is 0. The predicted molar refractivity (Wildman–Crippen MR) is 74.0 cm³/mol. The van der Waals surface area contributed by atoms with E-state index in [9.17, 15) is 8.78 Å². The zero-order valence-corrected chi connectivity index (χ0v) is 11.5. The molecule has 2 rings (SSSR count). The van der Waals surface area contributed by atoms with Crippen molar-refractivity contribution in [2.45, 2.75) is 24.5 Å². The van der Waals surface area contributed by atoms with Crippen molar-refractivity contribution in [3.05, 3.63) is 52.9 Å². The number of thioether (sulfide) groups is 1. The van der Waals surface area contributed by atoms with Gasteiger partial charge in [-0.25, -0.2) is 8.78 Å². The van der Waals surface area contributed by atoms with E-state index in [1.165, 1.54) is 23.9 Å². The highest BCUT2D eigenvalue weighted by Crippen LogP contribution is 2.28. The molecule has 0 saturated heterocycles. The number of nitrogen functional groups attached to an aromatic ring is 1. The van der Waals surface area contributed by atoms with Gasteiger partial charge in [0.15, 0.2) is 0 Å². The molecule has 19 heavy (non-hydrogen) atoms. The van der Waals surface area contributed by atoms with Gasteiger partial charge in [-0.1, -0.05) is 0 Å². The Hall–Kier alpha value is -1.62. The average Bonchev–Trinajstić information content (AvgIpc) is 2.37. The summed E-state index contributed by atoms with van der Waals surface area (Å²) in [6.07, 6.45) is 1.71. The number of halogens is 2. The molecule has 2 N–H and O–H groups in total.